The van der Waals surface area contributed by atoms with E-state index in [2.05, 4.69) is 5.32 Å². The Kier molecular flexibility index (Phi) is 8.45. The van der Waals surface area contributed by atoms with Gasteiger partial charge in [0.25, 0.3) is 0 Å². The molecule has 25 heavy (non-hydrogen) atoms. The highest BCUT2D eigenvalue weighted by Crippen LogP contribution is 2.19. The van der Waals surface area contributed by atoms with Gasteiger partial charge in [-0.05, 0) is 48.3 Å². The molecule has 0 saturated carbocycles. The first-order chi connectivity index (χ1) is 11.5. The Hall–Kier alpha value is -1.04. The summed E-state index contributed by atoms with van der Waals surface area (Å²) in [5.74, 6) is 0.879. The fourth-order valence-electron chi connectivity index (χ4n) is 1.94. The Bertz CT molecular complexity index is 664. The predicted molar refractivity (Wildman–Crippen MR) is 97.9 cm³/mol. The Morgan fingerprint density at radius 1 is 1.32 bits per heavy atom. The van der Waals surface area contributed by atoms with Crippen LogP contribution in [0, 0.1) is 0 Å². The van der Waals surface area contributed by atoms with Crippen LogP contribution in [-0.4, -0.2) is 49.7 Å². The summed E-state index contributed by atoms with van der Waals surface area (Å²) in [5.41, 5.74) is 0.491. The third-order valence-corrected chi connectivity index (χ3v) is 5.11. The fraction of sp³-hybridized carbons (Fsp3) is 0.500. The van der Waals surface area contributed by atoms with Gasteiger partial charge in [0, 0.05) is 13.1 Å². The number of nitrogens with two attached hydrogens (primary N) is 1. The molecule has 1 aromatic rings. The number of benzene rings is 1. The van der Waals surface area contributed by atoms with Gasteiger partial charge in [-0.15, -0.1) is 0 Å². The molecule has 0 atom stereocenters. The van der Waals surface area contributed by atoms with Crippen molar-refractivity contribution in [1.82, 2.24) is 10.2 Å². The molecular formula is C14H20F3N3O2S3. The van der Waals surface area contributed by atoms with Crippen LogP contribution in [0.15, 0.2) is 29.2 Å². The van der Waals surface area contributed by atoms with Crippen LogP contribution >= 0.6 is 24.0 Å². The van der Waals surface area contributed by atoms with Crippen LogP contribution < -0.4 is 10.5 Å². The number of hydrogen-bond acceptors (Lipinski definition) is 4. The first-order valence-electron chi connectivity index (χ1n) is 7.23. The van der Waals surface area contributed by atoms with E-state index in [1.807, 2.05) is 6.26 Å². The molecule has 3 N–H and O–H groups in total. The van der Waals surface area contributed by atoms with E-state index in [1.54, 1.807) is 11.8 Å². The third kappa shape index (κ3) is 8.75. The lowest BCUT2D eigenvalue weighted by Crippen LogP contribution is -2.44. The Labute approximate surface area is 155 Å². The molecule has 0 spiro atoms. The van der Waals surface area contributed by atoms with Gasteiger partial charge in [-0.25, -0.2) is 13.6 Å². The monoisotopic (exact) mass is 415 g/mol. The van der Waals surface area contributed by atoms with Crippen molar-refractivity contribution in [2.24, 2.45) is 5.14 Å². The van der Waals surface area contributed by atoms with Crippen molar-refractivity contribution < 1.29 is 21.6 Å². The van der Waals surface area contributed by atoms with Crippen molar-refractivity contribution >= 4 is 39.1 Å². The molecule has 11 heteroatoms. The highest BCUT2D eigenvalue weighted by atomic mass is 32.2. The van der Waals surface area contributed by atoms with Crippen LogP contribution in [0.25, 0.3) is 0 Å². The molecule has 0 aliphatic carbocycles. The van der Waals surface area contributed by atoms with E-state index >= 15 is 0 Å². The summed E-state index contributed by atoms with van der Waals surface area (Å²) in [4.78, 5) is 0.900. The van der Waals surface area contributed by atoms with Gasteiger partial charge in [0.1, 0.15) is 6.54 Å². The van der Waals surface area contributed by atoms with Crippen LogP contribution in [0.1, 0.15) is 12.0 Å². The zero-order valence-electron chi connectivity index (χ0n) is 13.5. The van der Waals surface area contributed by atoms with E-state index in [0.717, 1.165) is 17.1 Å². The van der Waals surface area contributed by atoms with Crippen molar-refractivity contribution in [3.05, 3.63) is 29.8 Å². The second kappa shape index (κ2) is 9.60. The van der Waals surface area contributed by atoms with Crippen LogP contribution in [-0.2, 0) is 16.6 Å². The molecule has 142 valence electrons. The molecule has 0 aromatic heterocycles. The van der Waals surface area contributed by atoms with Crippen molar-refractivity contribution in [1.29, 1.82) is 0 Å². The number of halogens is 3. The van der Waals surface area contributed by atoms with Gasteiger partial charge < -0.3 is 10.2 Å². The van der Waals surface area contributed by atoms with Gasteiger partial charge in [0.2, 0.25) is 10.0 Å². The van der Waals surface area contributed by atoms with Crippen molar-refractivity contribution in [3.63, 3.8) is 0 Å². The number of thiocarbonyl (C=S) groups is 1. The maximum atomic E-state index is 12.8. The predicted octanol–water partition coefficient (Wildman–Crippen LogP) is 2.33. The second-order valence-corrected chi connectivity index (χ2v) is 8.17. The van der Waals surface area contributed by atoms with E-state index in [4.69, 9.17) is 17.4 Å². The molecule has 0 heterocycles. The van der Waals surface area contributed by atoms with E-state index in [9.17, 15) is 21.6 Å². The van der Waals surface area contributed by atoms with E-state index in [0.29, 0.717) is 12.1 Å². The zero-order chi connectivity index (χ0) is 19.1. The second-order valence-electron chi connectivity index (χ2n) is 5.24. The highest BCUT2D eigenvalue weighted by molar-refractivity contribution is 7.98. The van der Waals surface area contributed by atoms with Crippen molar-refractivity contribution in [3.8, 4) is 0 Å². The van der Waals surface area contributed by atoms with E-state index in [1.165, 1.54) is 24.3 Å². The van der Waals surface area contributed by atoms with Crippen LogP contribution in [0.4, 0.5) is 13.2 Å². The molecule has 0 saturated heterocycles. The first kappa shape index (κ1) is 22.0. The minimum Gasteiger partial charge on any atom is -0.363 e. The Balaban J connectivity index is 2.81. The lowest BCUT2D eigenvalue weighted by Gasteiger charge is -2.27. The Morgan fingerprint density at radius 2 is 1.92 bits per heavy atom. The smallest absolute Gasteiger partial charge is 0.363 e. The third-order valence-electron chi connectivity index (χ3n) is 3.08. The molecule has 5 nitrogen and oxygen atoms in total. The molecule has 0 radical (unpaired) electrons. The molecule has 0 aliphatic rings. The summed E-state index contributed by atoms with van der Waals surface area (Å²) in [5, 5.41) is 7.83. The number of nitrogens with one attached hydrogen (secondary N) is 1. The number of thioether (sulfide) groups is 1. The van der Waals surface area contributed by atoms with Gasteiger partial charge in [-0.1, -0.05) is 12.1 Å². The minimum absolute atomic E-state index is 0.00829. The number of nitrogens with zero attached hydrogens (tertiary/aromatic N) is 1. The lowest BCUT2D eigenvalue weighted by molar-refractivity contribution is -0.138. The average Bonchev–Trinajstić information content (AvgIpc) is 2.49. The maximum absolute atomic E-state index is 12.8. The lowest BCUT2D eigenvalue weighted by atomic mass is 10.2. The normalized spacial score (nSPS) is 12.0. The molecule has 1 aromatic carbocycles. The van der Waals surface area contributed by atoms with E-state index < -0.39 is 22.7 Å². The van der Waals surface area contributed by atoms with Gasteiger partial charge in [-0.3, -0.25) is 0 Å². The van der Waals surface area contributed by atoms with Gasteiger partial charge >= 0.3 is 6.18 Å². The number of alkyl halides is 3. The molecular weight excluding hydrogens is 395 g/mol. The summed E-state index contributed by atoms with van der Waals surface area (Å²) in [6.07, 6.45) is -1.69. The van der Waals surface area contributed by atoms with Crippen LogP contribution in [0.5, 0.6) is 0 Å². The first-order valence-corrected chi connectivity index (χ1v) is 10.6. The molecule has 0 bridgehead atoms. The summed E-state index contributed by atoms with van der Waals surface area (Å²) < 4.78 is 60.9. The molecule has 1 rings (SSSR count). The van der Waals surface area contributed by atoms with Crippen LogP contribution in [0.2, 0.25) is 0 Å². The number of hydrogen-bond donors (Lipinski definition) is 2. The van der Waals surface area contributed by atoms with Gasteiger partial charge in [0.15, 0.2) is 5.11 Å². The largest absolute Gasteiger partial charge is 0.406 e. The number of primary sulfonamides is 1. The maximum Gasteiger partial charge on any atom is 0.406 e. The zero-order valence-corrected chi connectivity index (χ0v) is 16.0. The fourth-order valence-corrected chi connectivity index (χ4v) is 3.12. The number of rotatable bonds is 8. The summed E-state index contributed by atoms with van der Waals surface area (Å²) in [6, 6.07) is 5.34. The number of sulfonamides is 1. The van der Waals surface area contributed by atoms with Crippen molar-refractivity contribution in [2.75, 3.05) is 25.1 Å². The van der Waals surface area contributed by atoms with Crippen molar-refractivity contribution in [2.45, 2.75) is 24.0 Å². The molecule has 0 amide bonds. The highest BCUT2D eigenvalue weighted by Gasteiger charge is 2.31. The molecule has 0 aliphatic heterocycles. The topological polar surface area (TPSA) is 75.4 Å². The van der Waals surface area contributed by atoms with E-state index in [-0.39, 0.29) is 16.6 Å². The summed E-state index contributed by atoms with van der Waals surface area (Å²) in [6.45, 7) is -0.810. The standard InChI is InChI=1S/C14H20F3N3O2S3/c1-24-8-2-7-19-13(23)20(10-14(15,16)17)9-11-3-5-12(6-4-11)25(18,21)22/h3-6H,2,7-10H2,1H3,(H,19,23)(H2,18,21,22). The Morgan fingerprint density at radius 3 is 2.40 bits per heavy atom. The van der Waals surface area contributed by atoms with Gasteiger partial charge in [-0.2, -0.15) is 24.9 Å². The van der Waals surface area contributed by atoms with Crippen LogP contribution in [0.3, 0.4) is 0 Å². The average molecular weight is 416 g/mol. The SMILES string of the molecule is CSCCCNC(=S)N(Cc1ccc(S(N)(=O)=O)cc1)CC(F)(F)F. The molecule has 0 unspecified atom stereocenters. The minimum atomic E-state index is -4.41. The van der Waals surface area contributed by atoms with Gasteiger partial charge in [0.05, 0.1) is 4.90 Å². The summed E-state index contributed by atoms with van der Waals surface area (Å²) >= 11 is 6.71. The summed E-state index contributed by atoms with van der Waals surface area (Å²) in [7, 11) is -3.84. The quantitative estimate of drug-likeness (QED) is 0.501. The molecule has 0 fully saturated rings.